The fourth-order valence-corrected chi connectivity index (χ4v) is 1.53. The zero-order chi connectivity index (χ0) is 10.8. The topological polar surface area (TPSA) is 76.7 Å². The number of aromatic amines is 1. The van der Waals surface area contributed by atoms with E-state index in [1.54, 1.807) is 24.3 Å². The third kappa shape index (κ3) is 1.79. The molecule has 0 bridgehead atoms. The lowest BCUT2D eigenvalue weighted by Gasteiger charge is -2.03. The first-order valence-electron chi connectivity index (χ1n) is 4.34. The number of halogens is 1. The zero-order valence-electron chi connectivity index (χ0n) is 7.77. The maximum atomic E-state index is 11.5. The predicted octanol–water partition coefficient (Wildman–Crippen LogP) is 0.673. The van der Waals surface area contributed by atoms with Gasteiger partial charge in [-0.2, -0.15) is 5.10 Å². The standard InChI is InChI=1S/C9H9ClN4O/c10-6-2-1-3-7(4-6)14-8(5-11)12-13-9(14)15/h1-4H,5,11H2,(H,13,15). The number of rotatable bonds is 2. The maximum absolute atomic E-state index is 11.5. The number of H-pyrrole nitrogens is 1. The Kier molecular flexibility index (Phi) is 2.57. The minimum Gasteiger partial charge on any atom is -0.324 e. The lowest BCUT2D eigenvalue weighted by Crippen LogP contribution is -2.18. The second kappa shape index (κ2) is 3.88. The SMILES string of the molecule is NCc1n[nH]c(=O)n1-c1cccc(Cl)c1. The van der Waals surface area contributed by atoms with Crippen LogP contribution in [0.25, 0.3) is 5.69 Å². The molecule has 2 rings (SSSR count). The number of nitrogens with zero attached hydrogens (tertiary/aromatic N) is 2. The number of hydrogen-bond donors (Lipinski definition) is 2. The largest absolute Gasteiger partial charge is 0.347 e. The summed E-state index contributed by atoms with van der Waals surface area (Å²) in [5, 5.41) is 6.70. The van der Waals surface area contributed by atoms with E-state index in [2.05, 4.69) is 10.2 Å². The molecule has 0 spiro atoms. The van der Waals surface area contributed by atoms with Gasteiger partial charge in [-0.15, -0.1) is 0 Å². The van der Waals surface area contributed by atoms with Crippen LogP contribution < -0.4 is 11.4 Å². The smallest absolute Gasteiger partial charge is 0.324 e. The predicted molar refractivity (Wildman–Crippen MR) is 57.1 cm³/mol. The molecule has 0 aliphatic carbocycles. The summed E-state index contributed by atoms with van der Waals surface area (Å²) in [6, 6.07) is 6.94. The number of benzene rings is 1. The first-order chi connectivity index (χ1) is 7.22. The Balaban J connectivity index is 2.62. The minimum absolute atomic E-state index is 0.186. The van der Waals surface area contributed by atoms with Crippen LogP contribution in [0.2, 0.25) is 5.02 Å². The van der Waals surface area contributed by atoms with E-state index >= 15 is 0 Å². The van der Waals surface area contributed by atoms with Gasteiger partial charge < -0.3 is 5.73 Å². The van der Waals surface area contributed by atoms with E-state index in [4.69, 9.17) is 17.3 Å². The van der Waals surface area contributed by atoms with Gasteiger partial charge in [-0.1, -0.05) is 17.7 Å². The third-order valence-electron chi connectivity index (χ3n) is 1.99. The van der Waals surface area contributed by atoms with Crippen LogP contribution in [0.5, 0.6) is 0 Å². The molecule has 78 valence electrons. The van der Waals surface area contributed by atoms with Gasteiger partial charge >= 0.3 is 5.69 Å². The first-order valence-corrected chi connectivity index (χ1v) is 4.72. The Morgan fingerprint density at radius 1 is 1.53 bits per heavy atom. The average molecular weight is 225 g/mol. The molecular weight excluding hydrogens is 216 g/mol. The molecule has 0 saturated carbocycles. The van der Waals surface area contributed by atoms with Crippen molar-refractivity contribution in [3.8, 4) is 5.69 Å². The molecule has 1 heterocycles. The molecule has 0 aliphatic heterocycles. The minimum atomic E-state index is -0.322. The molecule has 5 nitrogen and oxygen atoms in total. The quantitative estimate of drug-likeness (QED) is 0.787. The van der Waals surface area contributed by atoms with Crippen molar-refractivity contribution >= 4 is 11.6 Å². The average Bonchev–Trinajstić information content (AvgIpc) is 2.59. The van der Waals surface area contributed by atoms with E-state index in [9.17, 15) is 4.79 Å². The van der Waals surface area contributed by atoms with Gasteiger partial charge in [0.25, 0.3) is 0 Å². The van der Waals surface area contributed by atoms with Crippen LogP contribution in [0.1, 0.15) is 5.82 Å². The van der Waals surface area contributed by atoms with Gasteiger partial charge in [0.1, 0.15) is 0 Å². The highest BCUT2D eigenvalue weighted by molar-refractivity contribution is 6.30. The van der Waals surface area contributed by atoms with Crippen LogP contribution in [-0.4, -0.2) is 14.8 Å². The van der Waals surface area contributed by atoms with E-state index in [0.717, 1.165) is 0 Å². The number of nitrogens with one attached hydrogen (secondary N) is 1. The number of nitrogens with two attached hydrogens (primary N) is 1. The van der Waals surface area contributed by atoms with Crippen LogP contribution in [0.15, 0.2) is 29.1 Å². The molecule has 0 atom stereocenters. The zero-order valence-corrected chi connectivity index (χ0v) is 8.53. The highest BCUT2D eigenvalue weighted by atomic mass is 35.5. The molecule has 15 heavy (non-hydrogen) atoms. The second-order valence-corrected chi connectivity index (χ2v) is 3.40. The lowest BCUT2D eigenvalue weighted by atomic mass is 10.3. The molecule has 0 fully saturated rings. The van der Waals surface area contributed by atoms with Crippen LogP contribution in [0.3, 0.4) is 0 Å². The molecule has 0 amide bonds. The van der Waals surface area contributed by atoms with Crippen LogP contribution in [0, 0.1) is 0 Å². The number of hydrogen-bond acceptors (Lipinski definition) is 3. The van der Waals surface area contributed by atoms with Crippen molar-refractivity contribution in [2.45, 2.75) is 6.54 Å². The monoisotopic (exact) mass is 224 g/mol. The van der Waals surface area contributed by atoms with Gasteiger partial charge in [-0.25, -0.2) is 14.5 Å². The van der Waals surface area contributed by atoms with E-state index in [0.29, 0.717) is 16.5 Å². The highest BCUT2D eigenvalue weighted by Crippen LogP contribution is 2.13. The number of aromatic nitrogens is 3. The fraction of sp³-hybridized carbons (Fsp3) is 0.111. The van der Waals surface area contributed by atoms with Crippen molar-refractivity contribution in [3.05, 3.63) is 45.6 Å². The van der Waals surface area contributed by atoms with Gasteiger partial charge in [0.2, 0.25) is 0 Å². The fourth-order valence-electron chi connectivity index (χ4n) is 1.35. The Bertz CT molecular complexity index is 531. The molecule has 0 radical (unpaired) electrons. The van der Waals surface area contributed by atoms with Gasteiger partial charge in [0.05, 0.1) is 12.2 Å². The summed E-state index contributed by atoms with van der Waals surface area (Å²) in [6.45, 7) is 0.186. The summed E-state index contributed by atoms with van der Waals surface area (Å²) >= 11 is 5.83. The Morgan fingerprint density at radius 2 is 2.33 bits per heavy atom. The van der Waals surface area contributed by atoms with Gasteiger partial charge in [-0.05, 0) is 18.2 Å². The van der Waals surface area contributed by atoms with Crippen molar-refractivity contribution in [1.29, 1.82) is 0 Å². The Morgan fingerprint density at radius 3 is 3.00 bits per heavy atom. The summed E-state index contributed by atoms with van der Waals surface area (Å²) in [4.78, 5) is 11.5. The van der Waals surface area contributed by atoms with Gasteiger partial charge in [0, 0.05) is 5.02 Å². The Labute approximate surface area is 90.5 Å². The lowest BCUT2D eigenvalue weighted by molar-refractivity contribution is 0.851. The van der Waals surface area contributed by atoms with E-state index < -0.39 is 0 Å². The van der Waals surface area contributed by atoms with Crippen molar-refractivity contribution in [3.63, 3.8) is 0 Å². The van der Waals surface area contributed by atoms with Crippen molar-refractivity contribution in [2.24, 2.45) is 5.73 Å². The van der Waals surface area contributed by atoms with Crippen LogP contribution >= 0.6 is 11.6 Å². The molecule has 3 N–H and O–H groups in total. The molecule has 1 aromatic carbocycles. The summed E-state index contributed by atoms with van der Waals surface area (Å²) in [5.74, 6) is 0.474. The third-order valence-corrected chi connectivity index (χ3v) is 2.23. The maximum Gasteiger partial charge on any atom is 0.347 e. The van der Waals surface area contributed by atoms with Crippen molar-refractivity contribution in [1.82, 2.24) is 14.8 Å². The first kappa shape index (κ1) is 9.95. The molecular formula is C9H9ClN4O. The molecule has 0 saturated heterocycles. The second-order valence-electron chi connectivity index (χ2n) is 2.96. The van der Waals surface area contributed by atoms with Crippen molar-refractivity contribution < 1.29 is 0 Å². The van der Waals surface area contributed by atoms with Crippen molar-refractivity contribution in [2.75, 3.05) is 0 Å². The van der Waals surface area contributed by atoms with Crippen LogP contribution in [0.4, 0.5) is 0 Å². The summed E-state index contributed by atoms with van der Waals surface area (Å²) in [5.41, 5.74) is 5.80. The van der Waals surface area contributed by atoms with Gasteiger partial charge in [0.15, 0.2) is 5.82 Å². The highest BCUT2D eigenvalue weighted by Gasteiger charge is 2.08. The summed E-state index contributed by atoms with van der Waals surface area (Å²) in [7, 11) is 0. The normalized spacial score (nSPS) is 10.5. The van der Waals surface area contributed by atoms with Crippen LogP contribution in [-0.2, 0) is 6.54 Å². The van der Waals surface area contributed by atoms with E-state index in [-0.39, 0.29) is 12.2 Å². The molecule has 0 unspecified atom stereocenters. The van der Waals surface area contributed by atoms with Gasteiger partial charge in [-0.3, -0.25) is 0 Å². The summed E-state index contributed by atoms with van der Waals surface area (Å²) in [6.07, 6.45) is 0. The molecule has 2 aromatic rings. The van der Waals surface area contributed by atoms with E-state index in [1.807, 2.05) is 0 Å². The summed E-state index contributed by atoms with van der Waals surface area (Å²) < 4.78 is 1.39. The Hall–Kier alpha value is -1.59. The van der Waals surface area contributed by atoms with E-state index in [1.165, 1.54) is 4.57 Å². The molecule has 1 aromatic heterocycles. The molecule has 0 aliphatic rings. The molecule has 6 heteroatoms.